The number of benzene rings is 1. The number of hydrogen-bond donors (Lipinski definition) is 0. The SMILES string of the molecule is CC(C)COc1cccc2ncccc12. The molecule has 0 bridgehead atoms. The van der Waals surface area contributed by atoms with Crippen LogP contribution in [0.25, 0.3) is 10.9 Å². The van der Waals surface area contributed by atoms with Crippen LogP contribution in [0.5, 0.6) is 5.75 Å². The summed E-state index contributed by atoms with van der Waals surface area (Å²) in [7, 11) is 0. The zero-order chi connectivity index (χ0) is 10.7. The summed E-state index contributed by atoms with van der Waals surface area (Å²) in [6.07, 6.45) is 1.80. The summed E-state index contributed by atoms with van der Waals surface area (Å²) in [5, 5.41) is 1.08. The Balaban J connectivity index is 2.34. The molecule has 1 aromatic carbocycles. The summed E-state index contributed by atoms with van der Waals surface area (Å²) in [6, 6.07) is 9.94. The van der Waals surface area contributed by atoms with Crippen LogP contribution in [0.4, 0.5) is 0 Å². The molecule has 78 valence electrons. The molecule has 2 rings (SSSR count). The number of aromatic nitrogens is 1. The fourth-order valence-electron chi connectivity index (χ4n) is 1.46. The average molecular weight is 201 g/mol. The van der Waals surface area contributed by atoms with Crippen LogP contribution in [0.1, 0.15) is 13.8 Å². The Bertz CT molecular complexity index is 446. The first-order chi connectivity index (χ1) is 7.27. The Morgan fingerprint density at radius 1 is 1.20 bits per heavy atom. The summed E-state index contributed by atoms with van der Waals surface area (Å²) in [5.41, 5.74) is 0.985. The molecule has 0 spiro atoms. The Morgan fingerprint density at radius 3 is 2.87 bits per heavy atom. The van der Waals surface area contributed by atoms with E-state index >= 15 is 0 Å². The Morgan fingerprint density at radius 2 is 2.07 bits per heavy atom. The van der Waals surface area contributed by atoms with Crippen molar-refractivity contribution in [3.63, 3.8) is 0 Å². The third-order valence-electron chi connectivity index (χ3n) is 2.18. The maximum atomic E-state index is 5.74. The molecule has 2 nitrogen and oxygen atoms in total. The summed E-state index contributed by atoms with van der Waals surface area (Å²) >= 11 is 0. The molecule has 2 heteroatoms. The molecule has 0 fully saturated rings. The standard InChI is InChI=1S/C13H15NO/c1-10(2)9-15-13-7-3-6-12-11(13)5-4-8-14-12/h3-8,10H,9H2,1-2H3. The summed E-state index contributed by atoms with van der Waals surface area (Å²) < 4.78 is 5.74. The predicted molar refractivity (Wildman–Crippen MR) is 62.1 cm³/mol. The smallest absolute Gasteiger partial charge is 0.128 e. The van der Waals surface area contributed by atoms with E-state index in [0.29, 0.717) is 5.92 Å². The van der Waals surface area contributed by atoms with E-state index in [4.69, 9.17) is 4.74 Å². The van der Waals surface area contributed by atoms with Crippen LogP contribution in [-0.4, -0.2) is 11.6 Å². The van der Waals surface area contributed by atoms with Crippen molar-refractivity contribution in [3.05, 3.63) is 36.5 Å². The molecule has 0 amide bonds. The maximum absolute atomic E-state index is 5.74. The van der Waals surface area contributed by atoms with Crippen LogP contribution >= 0.6 is 0 Å². The molecule has 2 aromatic rings. The van der Waals surface area contributed by atoms with E-state index in [0.717, 1.165) is 23.3 Å². The monoisotopic (exact) mass is 201 g/mol. The van der Waals surface area contributed by atoms with Gasteiger partial charge in [0.05, 0.1) is 12.1 Å². The lowest BCUT2D eigenvalue weighted by Gasteiger charge is -2.10. The Kier molecular flexibility index (Phi) is 2.86. The predicted octanol–water partition coefficient (Wildman–Crippen LogP) is 3.27. The molecule has 1 aromatic heterocycles. The molecule has 0 aliphatic rings. The highest BCUT2D eigenvalue weighted by atomic mass is 16.5. The molecule has 0 radical (unpaired) electrons. The Labute approximate surface area is 89.9 Å². The lowest BCUT2D eigenvalue weighted by Crippen LogP contribution is -2.04. The molecule has 0 N–H and O–H groups in total. The van der Waals surface area contributed by atoms with Crippen molar-refractivity contribution in [1.29, 1.82) is 0 Å². The van der Waals surface area contributed by atoms with Gasteiger partial charge in [0.25, 0.3) is 0 Å². The molecule has 0 atom stereocenters. The van der Waals surface area contributed by atoms with Gasteiger partial charge in [0.15, 0.2) is 0 Å². The minimum atomic E-state index is 0.539. The van der Waals surface area contributed by atoms with Gasteiger partial charge in [-0.1, -0.05) is 19.9 Å². The van der Waals surface area contributed by atoms with E-state index in [1.165, 1.54) is 0 Å². The van der Waals surface area contributed by atoms with Crippen molar-refractivity contribution in [2.45, 2.75) is 13.8 Å². The van der Waals surface area contributed by atoms with Crippen LogP contribution in [0.2, 0.25) is 0 Å². The first-order valence-electron chi connectivity index (χ1n) is 5.24. The minimum absolute atomic E-state index is 0.539. The van der Waals surface area contributed by atoms with Gasteiger partial charge in [-0.15, -0.1) is 0 Å². The number of pyridine rings is 1. The average Bonchev–Trinajstić information content (AvgIpc) is 2.26. The molecular formula is C13H15NO. The molecule has 0 aliphatic heterocycles. The quantitative estimate of drug-likeness (QED) is 0.760. The van der Waals surface area contributed by atoms with E-state index < -0.39 is 0 Å². The number of ether oxygens (including phenoxy) is 1. The van der Waals surface area contributed by atoms with Crippen molar-refractivity contribution in [3.8, 4) is 5.75 Å². The zero-order valence-electron chi connectivity index (χ0n) is 9.10. The van der Waals surface area contributed by atoms with E-state index in [2.05, 4.69) is 18.8 Å². The van der Waals surface area contributed by atoms with Crippen molar-refractivity contribution >= 4 is 10.9 Å². The molecule has 1 heterocycles. The maximum Gasteiger partial charge on any atom is 0.128 e. The zero-order valence-corrected chi connectivity index (χ0v) is 9.10. The molecule has 0 unspecified atom stereocenters. The second kappa shape index (κ2) is 4.30. The molecule has 15 heavy (non-hydrogen) atoms. The topological polar surface area (TPSA) is 22.1 Å². The van der Waals surface area contributed by atoms with Gasteiger partial charge in [-0.25, -0.2) is 0 Å². The van der Waals surface area contributed by atoms with Gasteiger partial charge in [-0.2, -0.15) is 0 Å². The van der Waals surface area contributed by atoms with Gasteiger partial charge in [-0.3, -0.25) is 4.98 Å². The van der Waals surface area contributed by atoms with E-state index in [1.54, 1.807) is 6.20 Å². The van der Waals surface area contributed by atoms with Crippen LogP contribution in [0.3, 0.4) is 0 Å². The fourth-order valence-corrected chi connectivity index (χ4v) is 1.46. The van der Waals surface area contributed by atoms with Crippen LogP contribution < -0.4 is 4.74 Å². The second-order valence-electron chi connectivity index (χ2n) is 4.03. The first-order valence-corrected chi connectivity index (χ1v) is 5.24. The van der Waals surface area contributed by atoms with E-state index in [1.807, 2.05) is 30.3 Å². The molecular weight excluding hydrogens is 186 g/mol. The van der Waals surface area contributed by atoms with Gasteiger partial charge in [0.1, 0.15) is 5.75 Å². The molecule has 0 aliphatic carbocycles. The first kappa shape index (κ1) is 9.97. The van der Waals surface area contributed by atoms with Crippen LogP contribution in [-0.2, 0) is 0 Å². The van der Waals surface area contributed by atoms with Crippen molar-refractivity contribution < 1.29 is 4.74 Å². The van der Waals surface area contributed by atoms with Gasteiger partial charge in [-0.05, 0) is 30.2 Å². The van der Waals surface area contributed by atoms with Gasteiger partial charge in [0.2, 0.25) is 0 Å². The summed E-state index contributed by atoms with van der Waals surface area (Å²) in [5.74, 6) is 1.46. The lowest BCUT2D eigenvalue weighted by molar-refractivity contribution is 0.274. The summed E-state index contributed by atoms with van der Waals surface area (Å²) in [4.78, 5) is 4.29. The number of hydrogen-bond acceptors (Lipinski definition) is 2. The van der Waals surface area contributed by atoms with Crippen molar-refractivity contribution in [2.75, 3.05) is 6.61 Å². The highest BCUT2D eigenvalue weighted by Gasteiger charge is 2.02. The minimum Gasteiger partial charge on any atom is -0.493 e. The fraction of sp³-hybridized carbons (Fsp3) is 0.308. The Hall–Kier alpha value is -1.57. The second-order valence-corrected chi connectivity index (χ2v) is 4.03. The largest absolute Gasteiger partial charge is 0.493 e. The number of fused-ring (bicyclic) bond motifs is 1. The van der Waals surface area contributed by atoms with Crippen molar-refractivity contribution in [2.24, 2.45) is 5.92 Å². The highest BCUT2D eigenvalue weighted by Crippen LogP contribution is 2.23. The number of nitrogens with zero attached hydrogens (tertiary/aromatic N) is 1. The van der Waals surface area contributed by atoms with Gasteiger partial charge >= 0.3 is 0 Å². The van der Waals surface area contributed by atoms with Gasteiger partial charge < -0.3 is 4.74 Å². The lowest BCUT2D eigenvalue weighted by atomic mass is 10.2. The molecule has 0 saturated carbocycles. The summed E-state index contributed by atoms with van der Waals surface area (Å²) in [6.45, 7) is 5.03. The normalized spacial score (nSPS) is 10.9. The highest BCUT2D eigenvalue weighted by molar-refractivity contribution is 5.84. The van der Waals surface area contributed by atoms with Crippen molar-refractivity contribution in [1.82, 2.24) is 4.98 Å². The molecule has 0 saturated heterocycles. The van der Waals surface area contributed by atoms with Gasteiger partial charge in [0, 0.05) is 11.6 Å². The number of rotatable bonds is 3. The van der Waals surface area contributed by atoms with Crippen LogP contribution in [0.15, 0.2) is 36.5 Å². The van der Waals surface area contributed by atoms with Crippen LogP contribution in [0, 0.1) is 5.92 Å². The third kappa shape index (κ3) is 2.27. The van der Waals surface area contributed by atoms with E-state index in [-0.39, 0.29) is 0 Å². The van der Waals surface area contributed by atoms with E-state index in [9.17, 15) is 0 Å². The third-order valence-corrected chi connectivity index (χ3v) is 2.18.